The molecule has 0 saturated heterocycles. The molecule has 1 amide bonds. The fourth-order valence-corrected chi connectivity index (χ4v) is 2.53. The maximum Gasteiger partial charge on any atom is 0.238 e. The molecular formula is C15H21ClN2O. The maximum atomic E-state index is 11.9. The van der Waals surface area contributed by atoms with Crippen LogP contribution < -0.4 is 10.6 Å². The van der Waals surface area contributed by atoms with E-state index in [2.05, 4.69) is 17.6 Å². The van der Waals surface area contributed by atoms with Gasteiger partial charge in [0.1, 0.15) is 0 Å². The van der Waals surface area contributed by atoms with Crippen LogP contribution in [0.2, 0.25) is 5.02 Å². The number of hydrogen-bond acceptors (Lipinski definition) is 2. The minimum atomic E-state index is -0.0201. The number of rotatable bonds is 5. The molecule has 0 atom stereocenters. The number of carbonyl (C=O) groups excluding carboxylic acids is 1. The minimum absolute atomic E-state index is 0.0201. The lowest BCUT2D eigenvalue weighted by atomic mass is 9.70. The van der Waals surface area contributed by atoms with Gasteiger partial charge in [0.15, 0.2) is 0 Å². The Morgan fingerprint density at radius 2 is 2.16 bits per heavy atom. The van der Waals surface area contributed by atoms with Crippen LogP contribution in [0.25, 0.3) is 0 Å². The van der Waals surface area contributed by atoms with Crippen LogP contribution in [0.3, 0.4) is 0 Å². The number of amides is 1. The molecule has 19 heavy (non-hydrogen) atoms. The highest BCUT2D eigenvalue weighted by Crippen LogP contribution is 2.39. The van der Waals surface area contributed by atoms with Gasteiger partial charge in [-0.15, -0.1) is 0 Å². The van der Waals surface area contributed by atoms with Crippen LogP contribution in [0.4, 0.5) is 5.69 Å². The third kappa shape index (κ3) is 3.95. The first kappa shape index (κ1) is 14.4. The van der Waals surface area contributed by atoms with E-state index in [1.165, 1.54) is 19.3 Å². The van der Waals surface area contributed by atoms with E-state index >= 15 is 0 Å². The number of carbonyl (C=O) groups is 1. The molecular weight excluding hydrogens is 260 g/mol. The Kier molecular flexibility index (Phi) is 4.48. The standard InChI is InChI=1S/C15H21ClN2O/c1-11-4-5-12(16)8-13(11)18-14(19)9-17-10-15(2)6-3-7-15/h4-5,8,17H,3,6-7,9-10H2,1-2H3,(H,18,19). The van der Waals surface area contributed by atoms with E-state index in [0.717, 1.165) is 17.8 Å². The lowest BCUT2D eigenvalue weighted by Gasteiger charge is -2.38. The smallest absolute Gasteiger partial charge is 0.238 e. The summed E-state index contributed by atoms with van der Waals surface area (Å²) in [6.07, 6.45) is 3.83. The van der Waals surface area contributed by atoms with Crippen molar-refractivity contribution in [3.05, 3.63) is 28.8 Å². The number of benzene rings is 1. The van der Waals surface area contributed by atoms with Gasteiger partial charge in [0.05, 0.1) is 6.54 Å². The van der Waals surface area contributed by atoms with E-state index in [-0.39, 0.29) is 5.91 Å². The predicted molar refractivity (Wildman–Crippen MR) is 79.6 cm³/mol. The van der Waals surface area contributed by atoms with Crippen LogP contribution in [-0.4, -0.2) is 19.0 Å². The quantitative estimate of drug-likeness (QED) is 0.868. The van der Waals surface area contributed by atoms with E-state index in [0.29, 0.717) is 17.0 Å². The topological polar surface area (TPSA) is 41.1 Å². The summed E-state index contributed by atoms with van der Waals surface area (Å²) < 4.78 is 0. The van der Waals surface area contributed by atoms with Crippen molar-refractivity contribution in [1.82, 2.24) is 5.32 Å². The number of hydrogen-bond donors (Lipinski definition) is 2. The van der Waals surface area contributed by atoms with Crippen LogP contribution in [0.5, 0.6) is 0 Å². The van der Waals surface area contributed by atoms with Crippen molar-refractivity contribution in [2.75, 3.05) is 18.4 Å². The first-order valence-corrected chi connectivity index (χ1v) is 7.13. The van der Waals surface area contributed by atoms with Crippen molar-refractivity contribution in [2.45, 2.75) is 33.1 Å². The Morgan fingerprint density at radius 1 is 1.42 bits per heavy atom. The summed E-state index contributed by atoms with van der Waals surface area (Å²) in [4.78, 5) is 11.9. The Balaban J connectivity index is 1.79. The van der Waals surface area contributed by atoms with E-state index < -0.39 is 0 Å². The highest BCUT2D eigenvalue weighted by atomic mass is 35.5. The molecule has 0 spiro atoms. The predicted octanol–water partition coefficient (Wildman–Crippen LogP) is 3.37. The van der Waals surface area contributed by atoms with Gasteiger partial charge in [-0.1, -0.05) is 31.0 Å². The molecule has 104 valence electrons. The van der Waals surface area contributed by atoms with Crippen LogP contribution in [-0.2, 0) is 4.79 Å². The molecule has 0 aliphatic heterocycles. The lowest BCUT2D eigenvalue weighted by molar-refractivity contribution is -0.115. The maximum absolute atomic E-state index is 11.9. The fraction of sp³-hybridized carbons (Fsp3) is 0.533. The van der Waals surface area contributed by atoms with Crippen LogP contribution >= 0.6 is 11.6 Å². The number of aryl methyl sites for hydroxylation is 1. The molecule has 2 N–H and O–H groups in total. The summed E-state index contributed by atoms with van der Waals surface area (Å²) in [6.45, 7) is 5.48. The van der Waals surface area contributed by atoms with Crippen molar-refractivity contribution < 1.29 is 4.79 Å². The van der Waals surface area contributed by atoms with E-state index in [4.69, 9.17) is 11.6 Å². The first-order chi connectivity index (χ1) is 8.98. The van der Waals surface area contributed by atoms with E-state index in [9.17, 15) is 4.79 Å². The molecule has 1 aromatic carbocycles. The fourth-order valence-electron chi connectivity index (χ4n) is 2.36. The molecule has 1 aliphatic rings. The highest BCUT2D eigenvalue weighted by molar-refractivity contribution is 6.31. The average molecular weight is 281 g/mol. The van der Waals surface area contributed by atoms with Gasteiger partial charge in [0.25, 0.3) is 0 Å². The number of anilines is 1. The second kappa shape index (κ2) is 5.93. The van der Waals surface area contributed by atoms with Gasteiger partial charge in [-0.25, -0.2) is 0 Å². The van der Waals surface area contributed by atoms with Crippen LogP contribution in [0.1, 0.15) is 31.7 Å². The largest absolute Gasteiger partial charge is 0.325 e. The summed E-state index contributed by atoms with van der Waals surface area (Å²) in [7, 11) is 0. The molecule has 1 fully saturated rings. The molecule has 0 heterocycles. The molecule has 3 nitrogen and oxygen atoms in total. The number of nitrogens with one attached hydrogen (secondary N) is 2. The van der Waals surface area contributed by atoms with Crippen LogP contribution in [0, 0.1) is 12.3 Å². The minimum Gasteiger partial charge on any atom is -0.325 e. The number of halogens is 1. The summed E-state index contributed by atoms with van der Waals surface area (Å²) in [6, 6.07) is 5.50. The van der Waals surface area contributed by atoms with Gasteiger partial charge in [0, 0.05) is 17.3 Å². The molecule has 4 heteroatoms. The third-order valence-electron chi connectivity index (χ3n) is 3.87. The molecule has 1 aromatic rings. The monoisotopic (exact) mass is 280 g/mol. The molecule has 1 aliphatic carbocycles. The molecule has 0 unspecified atom stereocenters. The Hall–Kier alpha value is -1.06. The summed E-state index contributed by atoms with van der Waals surface area (Å²) in [5.41, 5.74) is 2.20. The second-order valence-corrected chi connectivity index (χ2v) is 6.21. The normalized spacial score (nSPS) is 16.8. The Bertz CT molecular complexity index is 469. The molecule has 0 radical (unpaired) electrons. The summed E-state index contributed by atoms with van der Waals surface area (Å²) in [5.74, 6) is -0.0201. The Morgan fingerprint density at radius 3 is 2.79 bits per heavy atom. The van der Waals surface area contributed by atoms with Crippen molar-refractivity contribution in [3.8, 4) is 0 Å². The molecule has 2 rings (SSSR count). The third-order valence-corrected chi connectivity index (χ3v) is 4.11. The van der Waals surface area contributed by atoms with Crippen molar-refractivity contribution in [2.24, 2.45) is 5.41 Å². The van der Waals surface area contributed by atoms with E-state index in [1.54, 1.807) is 6.07 Å². The summed E-state index contributed by atoms with van der Waals surface area (Å²) >= 11 is 5.92. The lowest BCUT2D eigenvalue weighted by Crippen LogP contribution is -2.40. The zero-order chi connectivity index (χ0) is 13.9. The molecule has 0 bridgehead atoms. The van der Waals surface area contributed by atoms with Crippen molar-refractivity contribution in [3.63, 3.8) is 0 Å². The zero-order valence-corrected chi connectivity index (χ0v) is 12.3. The van der Waals surface area contributed by atoms with Gasteiger partial charge in [-0.2, -0.15) is 0 Å². The SMILES string of the molecule is Cc1ccc(Cl)cc1NC(=O)CNCC1(C)CCC1. The average Bonchev–Trinajstić information content (AvgIpc) is 2.32. The Labute approximate surface area is 119 Å². The second-order valence-electron chi connectivity index (χ2n) is 5.78. The van der Waals surface area contributed by atoms with Gasteiger partial charge < -0.3 is 10.6 Å². The van der Waals surface area contributed by atoms with Crippen molar-refractivity contribution >= 4 is 23.2 Å². The zero-order valence-electron chi connectivity index (χ0n) is 11.6. The van der Waals surface area contributed by atoms with Crippen LogP contribution in [0.15, 0.2) is 18.2 Å². The van der Waals surface area contributed by atoms with Gasteiger partial charge >= 0.3 is 0 Å². The van der Waals surface area contributed by atoms with Crippen molar-refractivity contribution in [1.29, 1.82) is 0 Å². The molecule has 1 saturated carbocycles. The van der Waals surface area contributed by atoms with Gasteiger partial charge in [-0.3, -0.25) is 4.79 Å². The van der Waals surface area contributed by atoms with Gasteiger partial charge in [-0.05, 0) is 42.9 Å². The molecule has 0 aromatic heterocycles. The summed E-state index contributed by atoms with van der Waals surface area (Å²) in [5, 5.41) is 6.76. The van der Waals surface area contributed by atoms with E-state index in [1.807, 2.05) is 19.1 Å². The van der Waals surface area contributed by atoms with Gasteiger partial charge in [0.2, 0.25) is 5.91 Å². The first-order valence-electron chi connectivity index (χ1n) is 6.75. The highest BCUT2D eigenvalue weighted by Gasteiger charge is 2.31.